The lowest BCUT2D eigenvalue weighted by Gasteiger charge is -2.01. The van der Waals surface area contributed by atoms with Gasteiger partial charge in [-0.2, -0.15) is 0 Å². The van der Waals surface area contributed by atoms with Crippen LogP contribution in [-0.4, -0.2) is 34.5 Å². The molecule has 1 aromatic carbocycles. The Labute approximate surface area is 151 Å². The van der Waals surface area contributed by atoms with Crippen LogP contribution in [0.15, 0.2) is 24.4 Å². The largest absolute Gasteiger partial charge is 0.550 e. The smallest absolute Gasteiger partial charge is 0.308 e. The fraction of sp³-hybridized carbons (Fsp3) is 0.389. The molecule has 0 radical (unpaired) electrons. The summed E-state index contributed by atoms with van der Waals surface area (Å²) in [5.74, 6) is -1.72. The molecule has 0 saturated heterocycles. The number of rotatable bonds is 8. The van der Waals surface area contributed by atoms with Gasteiger partial charge in [0.15, 0.2) is 0 Å². The van der Waals surface area contributed by atoms with E-state index in [4.69, 9.17) is 9.84 Å². The first kappa shape index (κ1) is 21.2. The highest BCUT2D eigenvalue weighted by Gasteiger charge is 2.06. The molecule has 2 aromatic rings. The number of hydrogen-bond donors (Lipinski definition) is 3. The normalized spacial score (nSPS) is 10.1. The number of H-pyrrole nitrogens is 1. The molecule has 8 heteroatoms. The third kappa shape index (κ3) is 7.80. The Balaban J connectivity index is 0.000000294. The number of fused-ring (bicyclic) bond motifs is 1. The van der Waals surface area contributed by atoms with E-state index in [1.807, 2.05) is 18.3 Å². The number of aliphatic carboxylic acids is 2. The topological polar surface area (TPSA) is 147 Å². The van der Waals surface area contributed by atoms with E-state index >= 15 is 0 Å². The van der Waals surface area contributed by atoms with Crippen molar-refractivity contribution in [1.82, 2.24) is 4.98 Å². The third-order valence-electron chi connectivity index (χ3n) is 3.47. The maximum atomic E-state index is 10.9. The molecule has 2 rings (SSSR count). The molecular weight excluding hydrogens is 340 g/mol. The standard InChI is InChI=1S/C12H14N2O2.C6H10O4/c1-8(15)16-10-2-3-12-11(6-10)9(4-5-13)7-14-12;7-5(8)3-1-2-4-6(9)10/h2-3,6-7,14H,4-5,13H2,1H3;1-4H2,(H,7,8)(H,9,10). The van der Waals surface area contributed by atoms with Gasteiger partial charge in [-0.15, -0.1) is 0 Å². The monoisotopic (exact) mass is 364 g/mol. The zero-order valence-electron chi connectivity index (χ0n) is 14.7. The van der Waals surface area contributed by atoms with Crippen molar-refractivity contribution >= 4 is 28.8 Å². The SMILES string of the molecule is CC(=O)Oc1ccc2[nH]cc(CC[NH3+])c2c1.O=C([O-])CCCCC(=O)O. The molecule has 0 atom stereocenters. The number of hydrogen-bond acceptors (Lipinski definition) is 5. The molecule has 26 heavy (non-hydrogen) atoms. The number of carbonyl (C=O) groups is 3. The molecule has 0 saturated carbocycles. The van der Waals surface area contributed by atoms with Crippen LogP contribution in [0.1, 0.15) is 38.2 Å². The Morgan fingerprint density at radius 1 is 1.23 bits per heavy atom. The van der Waals surface area contributed by atoms with Crippen LogP contribution in [0.3, 0.4) is 0 Å². The van der Waals surface area contributed by atoms with E-state index < -0.39 is 11.9 Å². The lowest BCUT2D eigenvalue weighted by Crippen LogP contribution is -2.51. The van der Waals surface area contributed by atoms with E-state index in [-0.39, 0.29) is 18.8 Å². The van der Waals surface area contributed by atoms with E-state index in [2.05, 4.69) is 10.7 Å². The molecule has 0 unspecified atom stereocenters. The van der Waals surface area contributed by atoms with Crippen molar-refractivity contribution in [3.8, 4) is 5.75 Å². The fourth-order valence-corrected chi connectivity index (χ4v) is 2.33. The molecule has 8 nitrogen and oxygen atoms in total. The number of benzene rings is 1. The summed E-state index contributed by atoms with van der Waals surface area (Å²) < 4.78 is 5.06. The number of nitrogens with one attached hydrogen (secondary N) is 1. The molecule has 0 fully saturated rings. The van der Waals surface area contributed by atoms with Gasteiger partial charge in [-0.1, -0.05) is 0 Å². The molecule has 0 aliphatic carbocycles. The van der Waals surface area contributed by atoms with Crippen LogP contribution in [0.25, 0.3) is 10.9 Å². The van der Waals surface area contributed by atoms with Crippen LogP contribution in [0, 0.1) is 0 Å². The highest BCUT2D eigenvalue weighted by molar-refractivity contribution is 5.85. The Morgan fingerprint density at radius 2 is 1.92 bits per heavy atom. The van der Waals surface area contributed by atoms with Crippen molar-refractivity contribution in [2.45, 2.75) is 39.0 Å². The Hall–Kier alpha value is -2.87. The fourth-order valence-electron chi connectivity index (χ4n) is 2.33. The van der Waals surface area contributed by atoms with Crippen molar-refractivity contribution in [2.24, 2.45) is 0 Å². The van der Waals surface area contributed by atoms with Gasteiger partial charge in [-0.05, 0) is 43.0 Å². The van der Waals surface area contributed by atoms with Gasteiger partial charge < -0.3 is 30.5 Å². The number of aromatic nitrogens is 1. The minimum Gasteiger partial charge on any atom is -0.550 e. The van der Waals surface area contributed by atoms with Crippen LogP contribution >= 0.6 is 0 Å². The molecule has 0 aliphatic heterocycles. The number of aromatic amines is 1. The molecule has 0 spiro atoms. The van der Waals surface area contributed by atoms with Gasteiger partial charge in [0.25, 0.3) is 0 Å². The van der Waals surface area contributed by atoms with Crippen molar-refractivity contribution in [1.29, 1.82) is 0 Å². The van der Waals surface area contributed by atoms with Crippen LogP contribution < -0.4 is 15.6 Å². The van der Waals surface area contributed by atoms with E-state index in [1.165, 1.54) is 12.5 Å². The zero-order valence-corrected chi connectivity index (χ0v) is 14.7. The summed E-state index contributed by atoms with van der Waals surface area (Å²) in [7, 11) is 0. The number of quaternary nitrogens is 1. The molecule has 1 aromatic heterocycles. The first-order chi connectivity index (χ1) is 12.3. The van der Waals surface area contributed by atoms with Gasteiger partial charge in [-0.3, -0.25) is 9.59 Å². The van der Waals surface area contributed by atoms with Crippen LogP contribution in [0.4, 0.5) is 0 Å². The van der Waals surface area contributed by atoms with E-state index in [0.717, 1.165) is 23.9 Å². The predicted octanol–water partition coefficient (Wildman–Crippen LogP) is 0.259. The average Bonchev–Trinajstić information content (AvgIpc) is 2.94. The van der Waals surface area contributed by atoms with Gasteiger partial charge in [-0.25, -0.2) is 0 Å². The van der Waals surface area contributed by atoms with Gasteiger partial charge in [0.2, 0.25) is 0 Å². The maximum Gasteiger partial charge on any atom is 0.308 e. The maximum absolute atomic E-state index is 10.9. The van der Waals surface area contributed by atoms with Crippen LogP contribution in [-0.2, 0) is 20.8 Å². The van der Waals surface area contributed by atoms with Gasteiger partial charge in [0, 0.05) is 42.8 Å². The summed E-state index contributed by atoms with van der Waals surface area (Å²) in [4.78, 5) is 33.7. The zero-order chi connectivity index (χ0) is 19.5. The second kappa shape index (κ2) is 10.9. The highest BCUT2D eigenvalue weighted by Crippen LogP contribution is 2.23. The first-order valence-corrected chi connectivity index (χ1v) is 8.32. The Kier molecular flexibility index (Phi) is 8.86. The quantitative estimate of drug-likeness (QED) is 0.348. The molecular formula is C18H24N2O6. The second-order valence-electron chi connectivity index (χ2n) is 5.69. The predicted molar refractivity (Wildman–Crippen MR) is 92.2 cm³/mol. The lowest BCUT2D eigenvalue weighted by atomic mass is 10.1. The minimum atomic E-state index is -1.12. The van der Waals surface area contributed by atoms with Gasteiger partial charge in [0.1, 0.15) is 5.75 Å². The van der Waals surface area contributed by atoms with E-state index in [0.29, 0.717) is 18.6 Å². The molecule has 0 amide bonds. The summed E-state index contributed by atoms with van der Waals surface area (Å²) in [5.41, 5.74) is 6.10. The average molecular weight is 364 g/mol. The first-order valence-electron chi connectivity index (χ1n) is 8.32. The number of carboxylic acids is 2. The summed E-state index contributed by atoms with van der Waals surface area (Å²) in [6.07, 6.45) is 3.68. The number of unbranched alkanes of at least 4 members (excludes halogenated alkanes) is 1. The summed E-state index contributed by atoms with van der Waals surface area (Å²) in [6.45, 7) is 2.25. The number of ether oxygens (including phenoxy) is 1. The van der Waals surface area contributed by atoms with Crippen molar-refractivity contribution < 1.29 is 35.1 Å². The van der Waals surface area contributed by atoms with Crippen molar-refractivity contribution in [3.63, 3.8) is 0 Å². The second-order valence-corrected chi connectivity index (χ2v) is 5.69. The third-order valence-corrected chi connectivity index (χ3v) is 3.47. The number of esters is 1. The Bertz CT molecular complexity index is 737. The Morgan fingerprint density at radius 3 is 2.50 bits per heavy atom. The molecule has 142 valence electrons. The molecule has 5 N–H and O–H groups in total. The molecule has 1 heterocycles. The van der Waals surface area contributed by atoms with E-state index in [9.17, 15) is 19.5 Å². The van der Waals surface area contributed by atoms with E-state index in [1.54, 1.807) is 6.07 Å². The number of carbonyl (C=O) groups excluding carboxylic acids is 2. The minimum absolute atomic E-state index is 0.0350. The van der Waals surface area contributed by atoms with Crippen LogP contribution in [0.5, 0.6) is 5.75 Å². The molecule has 0 bridgehead atoms. The molecule has 0 aliphatic rings. The number of carboxylic acid groups (broad SMARTS) is 2. The van der Waals surface area contributed by atoms with Gasteiger partial charge in [0.05, 0.1) is 6.54 Å². The van der Waals surface area contributed by atoms with Crippen molar-refractivity contribution in [3.05, 3.63) is 30.0 Å². The summed E-state index contributed by atoms with van der Waals surface area (Å²) in [5, 5.41) is 19.0. The summed E-state index contributed by atoms with van der Waals surface area (Å²) >= 11 is 0. The highest BCUT2D eigenvalue weighted by atomic mass is 16.5. The van der Waals surface area contributed by atoms with Crippen molar-refractivity contribution in [2.75, 3.05) is 6.54 Å². The lowest BCUT2D eigenvalue weighted by molar-refractivity contribution is -0.366. The van der Waals surface area contributed by atoms with Gasteiger partial charge >= 0.3 is 11.9 Å². The van der Waals surface area contributed by atoms with Crippen LogP contribution in [0.2, 0.25) is 0 Å². The summed E-state index contributed by atoms with van der Waals surface area (Å²) in [6, 6.07) is 5.59.